The minimum atomic E-state index is -0.350. The number of carbonyl (C=O) groups is 3. The van der Waals surface area contributed by atoms with Crippen molar-refractivity contribution in [3.05, 3.63) is 11.1 Å². The normalized spacial score (nSPS) is 14.3. The summed E-state index contributed by atoms with van der Waals surface area (Å²) in [6.07, 6.45) is -0.167. The van der Waals surface area contributed by atoms with Gasteiger partial charge >= 0.3 is 12.1 Å². The number of anilines is 1. The Bertz CT molecular complexity index is 640. The van der Waals surface area contributed by atoms with Crippen LogP contribution in [0.3, 0.4) is 0 Å². The average molecular weight is 383 g/mol. The number of hydrogen-bond donors (Lipinski definition) is 2. The molecule has 26 heavy (non-hydrogen) atoms. The third-order valence-electron chi connectivity index (χ3n) is 3.65. The van der Waals surface area contributed by atoms with Crippen molar-refractivity contribution in [3.8, 4) is 0 Å². The van der Waals surface area contributed by atoms with Crippen LogP contribution in [0.2, 0.25) is 0 Å². The van der Waals surface area contributed by atoms with E-state index in [1.54, 1.807) is 22.1 Å². The number of hydrogen-bond acceptors (Lipinski definition) is 6. The molecule has 9 nitrogen and oxygen atoms in total. The maximum atomic E-state index is 12.3. The number of urea groups is 1. The summed E-state index contributed by atoms with van der Waals surface area (Å²) in [4.78, 5) is 43.2. The molecule has 1 aliphatic heterocycles. The molecule has 0 aliphatic carbocycles. The van der Waals surface area contributed by atoms with E-state index < -0.39 is 0 Å². The lowest BCUT2D eigenvalue weighted by Gasteiger charge is -2.33. The van der Waals surface area contributed by atoms with Crippen LogP contribution in [-0.4, -0.2) is 71.6 Å². The number of piperazine rings is 1. The summed E-state index contributed by atoms with van der Waals surface area (Å²) < 4.78 is 4.96. The molecule has 144 valence electrons. The molecule has 0 atom stereocenters. The Hall–Kier alpha value is -2.36. The van der Waals surface area contributed by atoms with Gasteiger partial charge in [-0.3, -0.25) is 10.1 Å². The van der Waals surface area contributed by atoms with Crippen molar-refractivity contribution in [1.29, 1.82) is 0 Å². The van der Waals surface area contributed by atoms with Gasteiger partial charge in [0.25, 0.3) is 0 Å². The van der Waals surface area contributed by atoms with Crippen molar-refractivity contribution in [2.75, 3.05) is 38.1 Å². The van der Waals surface area contributed by atoms with Gasteiger partial charge in [0.1, 0.15) is 0 Å². The van der Waals surface area contributed by atoms with E-state index in [4.69, 9.17) is 4.74 Å². The molecule has 2 N–H and O–H groups in total. The van der Waals surface area contributed by atoms with Gasteiger partial charge in [0.15, 0.2) is 5.13 Å². The van der Waals surface area contributed by atoms with Gasteiger partial charge in [0.2, 0.25) is 5.91 Å². The van der Waals surface area contributed by atoms with Crippen LogP contribution in [0.25, 0.3) is 0 Å². The summed E-state index contributed by atoms with van der Waals surface area (Å²) >= 11 is 1.28. The molecule has 0 aromatic carbocycles. The Morgan fingerprint density at radius 2 is 1.88 bits per heavy atom. The van der Waals surface area contributed by atoms with E-state index in [1.807, 2.05) is 13.8 Å². The summed E-state index contributed by atoms with van der Waals surface area (Å²) in [6.45, 7) is 7.62. The second-order valence-corrected chi connectivity index (χ2v) is 7.00. The monoisotopic (exact) mass is 383 g/mol. The van der Waals surface area contributed by atoms with Crippen molar-refractivity contribution in [1.82, 2.24) is 20.1 Å². The first-order chi connectivity index (χ1) is 12.4. The highest BCUT2D eigenvalue weighted by Crippen LogP contribution is 2.17. The Kier molecular flexibility index (Phi) is 7.19. The highest BCUT2D eigenvalue weighted by Gasteiger charge is 2.25. The number of nitrogens with one attached hydrogen (secondary N) is 2. The highest BCUT2D eigenvalue weighted by molar-refractivity contribution is 7.13. The van der Waals surface area contributed by atoms with Crippen LogP contribution < -0.4 is 10.6 Å². The first kappa shape index (κ1) is 20.0. The van der Waals surface area contributed by atoms with Gasteiger partial charge in [-0.2, -0.15) is 0 Å². The first-order valence-corrected chi connectivity index (χ1v) is 9.48. The van der Waals surface area contributed by atoms with Crippen LogP contribution in [0, 0.1) is 0 Å². The fourth-order valence-corrected chi connectivity index (χ4v) is 3.16. The van der Waals surface area contributed by atoms with Gasteiger partial charge in [-0.1, -0.05) is 0 Å². The van der Waals surface area contributed by atoms with Crippen LogP contribution in [0.5, 0.6) is 0 Å². The molecule has 1 saturated heterocycles. The molecule has 0 unspecified atom stereocenters. The molecule has 1 fully saturated rings. The fraction of sp³-hybridized carbons (Fsp3) is 0.625. The quantitative estimate of drug-likeness (QED) is 0.802. The van der Waals surface area contributed by atoms with Gasteiger partial charge in [0.05, 0.1) is 18.7 Å². The SMILES string of the molecule is CCOC(=O)N1CCN(C(=O)Nc2nc(CC(=O)NC(C)C)cs2)CC1. The van der Waals surface area contributed by atoms with Crippen molar-refractivity contribution in [2.45, 2.75) is 33.2 Å². The van der Waals surface area contributed by atoms with E-state index in [2.05, 4.69) is 15.6 Å². The van der Waals surface area contributed by atoms with Crippen molar-refractivity contribution in [3.63, 3.8) is 0 Å². The third kappa shape index (κ3) is 5.87. The minimum Gasteiger partial charge on any atom is -0.450 e. The number of aromatic nitrogens is 1. The van der Waals surface area contributed by atoms with Crippen molar-refractivity contribution >= 4 is 34.5 Å². The van der Waals surface area contributed by atoms with Gasteiger partial charge < -0.3 is 19.9 Å². The summed E-state index contributed by atoms with van der Waals surface area (Å²) in [6, 6.07) is -0.186. The second-order valence-electron chi connectivity index (χ2n) is 6.15. The highest BCUT2D eigenvalue weighted by atomic mass is 32.1. The summed E-state index contributed by atoms with van der Waals surface area (Å²) in [5, 5.41) is 7.76. The molecule has 0 bridgehead atoms. The zero-order valence-corrected chi connectivity index (χ0v) is 16.1. The van der Waals surface area contributed by atoms with Gasteiger partial charge in [-0.15, -0.1) is 11.3 Å². The molecule has 2 rings (SSSR count). The van der Waals surface area contributed by atoms with E-state index in [0.29, 0.717) is 43.6 Å². The summed E-state index contributed by atoms with van der Waals surface area (Å²) in [5.74, 6) is -0.0988. The zero-order chi connectivity index (χ0) is 19.1. The molecule has 0 spiro atoms. The van der Waals surface area contributed by atoms with Crippen molar-refractivity contribution < 1.29 is 19.1 Å². The van der Waals surface area contributed by atoms with E-state index in [0.717, 1.165) is 0 Å². The lowest BCUT2D eigenvalue weighted by atomic mass is 10.3. The fourth-order valence-electron chi connectivity index (χ4n) is 2.46. The Balaban J connectivity index is 1.80. The second kappa shape index (κ2) is 9.37. The maximum Gasteiger partial charge on any atom is 0.409 e. The van der Waals surface area contributed by atoms with Gasteiger partial charge in [-0.05, 0) is 20.8 Å². The van der Waals surface area contributed by atoms with Crippen LogP contribution >= 0.6 is 11.3 Å². The number of nitrogens with zero attached hydrogens (tertiary/aromatic N) is 3. The zero-order valence-electron chi connectivity index (χ0n) is 15.3. The van der Waals surface area contributed by atoms with Crippen LogP contribution in [0.15, 0.2) is 5.38 Å². The number of ether oxygens (including phenoxy) is 1. The Labute approximate surface area is 156 Å². The standard InChI is InChI=1S/C16H25N5O4S/c1-4-25-16(24)21-7-5-20(6-8-21)15(23)19-14-18-12(10-26-14)9-13(22)17-11(2)3/h10-11H,4-9H2,1-3H3,(H,17,22)(H,18,19,23). The summed E-state index contributed by atoms with van der Waals surface area (Å²) in [7, 11) is 0. The number of amides is 4. The molecule has 2 heterocycles. The average Bonchev–Trinajstić information content (AvgIpc) is 3.01. The first-order valence-electron chi connectivity index (χ1n) is 8.60. The lowest BCUT2D eigenvalue weighted by molar-refractivity contribution is -0.120. The van der Waals surface area contributed by atoms with Gasteiger partial charge in [0, 0.05) is 37.6 Å². The lowest BCUT2D eigenvalue weighted by Crippen LogP contribution is -2.51. The predicted molar refractivity (Wildman–Crippen MR) is 98.3 cm³/mol. The Morgan fingerprint density at radius 1 is 1.23 bits per heavy atom. The molecule has 10 heteroatoms. The minimum absolute atomic E-state index is 0.0774. The largest absolute Gasteiger partial charge is 0.450 e. The van der Waals surface area contributed by atoms with Crippen molar-refractivity contribution in [2.24, 2.45) is 0 Å². The predicted octanol–water partition coefficient (Wildman–Crippen LogP) is 1.52. The molecular weight excluding hydrogens is 358 g/mol. The number of rotatable bonds is 5. The smallest absolute Gasteiger partial charge is 0.409 e. The molecule has 1 aromatic rings. The van der Waals surface area contributed by atoms with E-state index in [1.165, 1.54) is 11.3 Å². The molecule has 1 aliphatic rings. The number of thiazole rings is 1. The topological polar surface area (TPSA) is 104 Å². The van der Waals surface area contributed by atoms with Gasteiger partial charge in [-0.25, -0.2) is 14.6 Å². The third-order valence-corrected chi connectivity index (χ3v) is 4.46. The van der Waals surface area contributed by atoms with E-state index >= 15 is 0 Å². The Morgan fingerprint density at radius 3 is 2.50 bits per heavy atom. The molecule has 0 saturated carbocycles. The molecule has 1 aromatic heterocycles. The van der Waals surface area contributed by atoms with Crippen LogP contribution in [-0.2, 0) is 16.0 Å². The maximum absolute atomic E-state index is 12.3. The van der Waals surface area contributed by atoms with Crippen LogP contribution in [0.1, 0.15) is 26.5 Å². The molecular formula is C16H25N5O4S. The summed E-state index contributed by atoms with van der Waals surface area (Å²) in [5.41, 5.74) is 0.621. The van der Waals surface area contributed by atoms with E-state index in [9.17, 15) is 14.4 Å². The molecule has 4 amide bonds. The molecule has 0 radical (unpaired) electrons. The number of carbonyl (C=O) groups excluding carboxylic acids is 3. The van der Waals surface area contributed by atoms with E-state index in [-0.39, 0.29) is 30.5 Å². The van der Waals surface area contributed by atoms with Crippen LogP contribution in [0.4, 0.5) is 14.7 Å².